The Hall–Kier alpha value is -2.96. The van der Waals surface area contributed by atoms with Crippen molar-refractivity contribution < 1.29 is 30.6 Å². The van der Waals surface area contributed by atoms with Crippen molar-refractivity contribution in [2.45, 2.75) is 10.4 Å². The maximum Gasteiger partial charge on any atom is 0.345 e. The monoisotopic (exact) mass is 570 g/mol. The molecule has 0 radical (unpaired) electrons. The number of nitrogens with one attached hydrogen (secondary N) is 1. The fourth-order valence-electron chi connectivity index (χ4n) is 3.60. The molecule has 0 aromatic heterocycles. The molecule has 176 valence electrons. The molecule has 1 aliphatic heterocycles. The molecular weight excluding hydrogens is 557 g/mol. The molecule has 4 rings (SSSR count). The number of nitrogens with zero attached hydrogens (tertiary/aromatic N) is 1. The highest BCUT2D eigenvalue weighted by Gasteiger charge is 2.51. The van der Waals surface area contributed by atoms with Crippen molar-refractivity contribution in [3.05, 3.63) is 93.7 Å². The first-order valence-corrected chi connectivity index (χ1v) is 12.1. The first-order valence-electron chi connectivity index (χ1n) is 9.52. The third-order valence-electron chi connectivity index (χ3n) is 5.22. The SMILES string of the molecule is CN1C(=O)C(c2cccc(OS(=O)(=O)c3c(F)cccc3F)c2)(c2ccc(F)c(Br)c2)NC1=S. The van der Waals surface area contributed by atoms with Crippen molar-refractivity contribution in [3.8, 4) is 5.75 Å². The molecule has 1 saturated heterocycles. The average Bonchev–Trinajstić information content (AvgIpc) is 3.00. The quantitative estimate of drug-likeness (QED) is 0.365. The number of benzene rings is 3. The second-order valence-electron chi connectivity index (χ2n) is 7.29. The Morgan fingerprint density at radius 3 is 2.18 bits per heavy atom. The molecule has 6 nitrogen and oxygen atoms in total. The van der Waals surface area contributed by atoms with E-state index in [2.05, 4.69) is 21.2 Å². The van der Waals surface area contributed by atoms with Crippen molar-refractivity contribution in [2.24, 2.45) is 0 Å². The number of carbonyl (C=O) groups is 1. The van der Waals surface area contributed by atoms with E-state index in [0.29, 0.717) is 5.56 Å². The number of hydrogen-bond acceptors (Lipinski definition) is 5. The van der Waals surface area contributed by atoms with Crippen LogP contribution in [0.1, 0.15) is 11.1 Å². The third-order valence-corrected chi connectivity index (χ3v) is 7.50. The summed E-state index contributed by atoms with van der Waals surface area (Å²) >= 11 is 8.34. The largest absolute Gasteiger partial charge is 0.379 e. The van der Waals surface area contributed by atoms with Gasteiger partial charge in [-0.2, -0.15) is 8.42 Å². The molecule has 1 unspecified atom stereocenters. The predicted octanol–water partition coefficient (Wildman–Crippen LogP) is 4.22. The molecule has 0 saturated carbocycles. The summed E-state index contributed by atoms with van der Waals surface area (Å²) in [6.45, 7) is 0. The van der Waals surface area contributed by atoms with Crippen LogP contribution in [0.4, 0.5) is 13.2 Å². The average molecular weight is 571 g/mol. The summed E-state index contributed by atoms with van der Waals surface area (Å²) in [6, 6.07) is 11.9. The molecule has 3 aromatic rings. The van der Waals surface area contributed by atoms with Gasteiger partial charge in [0.25, 0.3) is 5.91 Å². The lowest BCUT2D eigenvalue weighted by atomic mass is 9.82. The minimum atomic E-state index is -4.90. The zero-order valence-electron chi connectivity index (χ0n) is 17.2. The predicted molar refractivity (Wildman–Crippen MR) is 124 cm³/mol. The van der Waals surface area contributed by atoms with Crippen LogP contribution in [-0.4, -0.2) is 31.4 Å². The van der Waals surface area contributed by atoms with E-state index in [4.69, 9.17) is 16.4 Å². The Balaban J connectivity index is 1.84. The van der Waals surface area contributed by atoms with Gasteiger partial charge in [0.2, 0.25) is 0 Å². The van der Waals surface area contributed by atoms with Crippen LogP contribution in [0.5, 0.6) is 5.75 Å². The highest BCUT2D eigenvalue weighted by Crippen LogP contribution is 2.39. The number of rotatable bonds is 5. The molecule has 1 fully saturated rings. The molecule has 12 heteroatoms. The summed E-state index contributed by atoms with van der Waals surface area (Å²) in [5.41, 5.74) is -1.14. The van der Waals surface area contributed by atoms with Crippen LogP contribution in [0.2, 0.25) is 0 Å². The van der Waals surface area contributed by atoms with Crippen LogP contribution in [0, 0.1) is 17.5 Å². The second kappa shape index (κ2) is 8.67. The summed E-state index contributed by atoms with van der Waals surface area (Å²) in [5.74, 6) is -4.02. The Kier molecular flexibility index (Phi) is 6.17. The number of hydrogen-bond donors (Lipinski definition) is 1. The van der Waals surface area contributed by atoms with Gasteiger partial charge in [0.05, 0.1) is 4.47 Å². The molecule has 1 amide bonds. The van der Waals surface area contributed by atoms with E-state index in [0.717, 1.165) is 24.3 Å². The van der Waals surface area contributed by atoms with Crippen LogP contribution in [0.15, 0.2) is 70.0 Å². The van der Waals surface area contributed by atoms with Crippen molar-refractivity contribution >= 4 is 49.3 Å². The minimum absolute atomic E-state index is 0.0813. The van der Waals surface area contributed by atoms with Gasteiger partial charge in [-0.05, 0) is 75.7 Å². The number of halogens is 4. The van der Waals surface area contributed by atoms with Gasteiger partial charge in [0.1, 0.15) is 23.2 Å². The highest BCUT2D eigenvalue weighted by atomic mass is 79.9. The normalized spacial score (nSPS) is 18.2. The second-order valence-corrected chi connectivity index (χ2v) is 10.0. The Labute approximate surface area is 206 Å². The third kappa shape index (κ3) is 3.95. The van der Waals surface area contributed by atoms with Gasteiger partial charge >= 0.3 is 10.1 Å². The smallest absolute Gasteiger partial charge is 0.345 e. The van der Waals surface area contributed by atoms with Crippen molar-refractivity contribution in [1.82, 2.24) is 10.2 Å². The molecule has 34 heavy (non-hydrogen) atoms. The molecule has 3 aromatic carbocycles. The molecule has 1 aliphatic rings. The number of thiocarbonyl (C=S) groups is 1. The fraction of sp³-hybridized carbons (Fsp3) is 0.0909. The lowest BCUT2D eigenvalue weighted by Crippen LogP contribution is -2.45. The maximum absolute atomic E-state index is 14.1. The van der Waals surface area contributed by atoms with E-state index in [1.807, 2.05) is 0 Å². The van der Waals surface area contributed by atoms with Crippen LogP contribution < -0.4 is 9.50 Å². The lowest BCUT2D eigenvalue weighted by molar-refractivity contribution is -0.129. The van der Waals surface area contributed by atoms with Crippen molar-refractivity contribution in [2.75, 3.05) is 7.05 Å². The van der Waals surface area contributed by atoms with Gasteiger partial charge in [-0.3, -0.25) is 9.69 Å². The van der Waals surface area contributed by atoms with Crippen molar-refractivity contribution in [3.63, 3.8) is 0 Å². The summed E-state index contributed by atoms with van der Waals surface area (Å²) in [4.78, 5) is 13.3. The van der Waals surface area contributed by atoms with Gasteiger partial charge in [-0.25, -0.2) is 13.2 Å². The number of likely N-dealkylation sites (N-methyl/N-ethyl adjacent to an activating group) is 1. The Bertz CT molecular complexity index is 1430. The van der Waals surface area contributed by atoms with Gasteiger partial charge in [-0.1, -0.05) is 24.3 Å². The van der Waals surface area contributed by atoms with Crippen LogP contribution in [-0.2, 0) is 20.5 Å². The lowest BCUT2D eigenvalue weighted by Gasteiger charge is -2.28. The Morgan fingerprint density at radius 1 is 0.971 bits per heavy atom. The molecule has 1 heterocycles. The molecule has 1 N–H and O–H groups in total. The maximum atomic E-state index is 14.1. The van der Waals surface area contributed by atoms with E-state index < -0.39 is 43.9 Å². The number of carbonyl (C=O) groups excluding carboxylic acids is 1. The summed E-state index contributed by atoms with van der Waals surface area (Å²) in [7, 11) is -3.45. The first kappa shape index (κ1) is 24.2. The van der Waals surface area contributed by atoms with E-state index >= 15 is 0 Å². The molecule has 1 atom stereocenters. The highest BCUT2D eigenvalue weighted by molar-refractivity contribution is 9.10. The summed E-state index contributed by atoms with van der Waals surface area (Å²) in [5, 5.41) is 3.01. The standard InChI is InChI=1S/C22H14BrF3N2O4S2/c1-28-20(29)22(27-21(28)33,13-8-9-16(24)15(23)11-13)12-4-2-5-14(10-12)32-34(30,31)19-17(25)6-3-7-18(19)26/h2-11H,1H3,(H,27,33). The molecule has 0 spiro atoms. The van der Waals surface area contributed by atoms with Crippen molar-refractivity contribution in [1.29, 1.82) is 0 Å². The minimum Gasteiger partial charge on any atom is -0.379 e. The first-order chi connectivity index (χ1) is 16.0. The fourth-order valence-corrected chi connectivity index (χ4v) is 5.27. The Morgan fingerprint density at radius 2 is 1.59 bits per heavy atom. The van der Waals surface area contributed by atoms with Crippen LogP contribution >= 0.6 is 28.1 Å². The van der Waals surface area contributed by atoms with Crippen LogP contribution in [0.25, 0.3) is 0 Å². The molecule has 0 bridgehead atoms. The zero-order valence-corrected chi connectivity index (χ0v) is 20.4. The molecule has 0 aliphatic carbocycles. The van der Waals surface area contributed by atoms with E-state index in [1.165, 1.54) is 48.3 Å². The van der Waals surface area contributed by atoms with Crippen LogP contribution in [0.3, 0.4) is 0 Å². The summed E-state index contributed by atoms with van der Waals surface area (Å²) < 4.78 is 72.3. The van der Waals surface area contributed by atoms with Gasteiger partial charge in [-0.15, -0.1) is 0 Å². The van der Waals surface area contributed by atoms with Gasteiger partial charge in [0, 0.05) is 7.05 Å². The number of amides is 1. The summed E-state index contributed by atoms with van der Waals surface area (Å²) in [6.07, 6.45) is 0. The van der Waals surface area contributed by atoms with Gasteiger partial charge in [0.15, 0.2) is 15.5 Å². The zero-order chi connectivity index (χ0) is 24.8. The topological polar surface area (TPSA) is 75.7 Å². The molecular formula is C22H14BrF3N2O4S2. The van der Waals surface area contributed by atoms with Gasteiger partial charge < -0.3 is 9.50 Å². The van der Waals surface area contributed by atoms with E-state index in [1.54, 1.807) is 0 Å². The van der Waals surface area contributed by atoms with E-state index in [9.17, 15) is 26.4 Å². The van der Waals surface area contributed by atoms with E-state index in [-0.39, 0.29) is 20.9 Å².